The molecule has 3 nitrogen and oxygen atoms in total. The van der Waals surface area contributed by atoms with E-state index in [0.717, 1.165) is 0 Å². The number of aliphatic hydroxyl groups is 1. The van der Waals surface area contributed by atoms with Gasteiger partial charge in [-0.2, -0.15) is 0 Å². The quantitative estimate of drug-likeness (QED) is 0.617. The topological polar surface area (TPSA) is 49.3 Å². The van der Waals surface area contributed by atoms with Gasteiger partial charge in [-0.25, -0.2) is 8.93 Å². The average Bonchev–Trinajstić information content (AvgIpc) is 1.85. The van der Waals surface area contributed by atoms with E-state index in [1.807, 2.05) is 6.92 Å². The summed E-state index contributed by atoms with van der Waals surface area (Å²) in [6, 6.07) is 0. The predicted molar refractivity (Wildman–Crippen MR) is 43.0 cm³/mol. The normalized spacial score (nSPS) is 20.0. The largest absolute Gasteiger partial charge is 0.389 e. The minimum absolute atomic E-state index is 0.382. The average molecular weight is 165 g/mol. The van der Waals surface area contributed by atoms with Crippen molar-refractivity contribution in [1.29, 1.82) is 0 Å². The van der Waals surface area contributed by atoms with Crippen molar-refractivity contribution in [2.24, 2.45) is 0 Å². The van der Waals surface area contributed by atoms with Crippen LogP contribution in [0.2, 0.25) is 0 Å². The Morgan fingerprint density at radius 2 is 2.20 bits per heavy atom. The lowest BCUT2D eigenvalue weighted by molar-refractivity contribution is 0.0617. The molecule has 4 heteroatoms. The van der Waals surface area contributed by atoms with Crippen LogP contribution >= 0.6 is 0 Å². The van der Waals surface area contributed by atoms with Gasteiger partial charge < -0.3 is 5.11 Å². The summed E-state index contributed by atoms with van der Waals surface area (Å²) in [5.41, 5.74) is -0.730. The van der Waals surface area contributed by atoms with Gasteiger partial charge in [0.05, 0.1) is 16.6 Å². The fourth-order valence-corrected chi connectivity index (χ4v) is 0.896. The van der Waals surface area contributed by atoms with E-state index in [4.69, 9.17) is 0 Å². The maximum absolute atomic E-state index is 10.5. The Balaban J connectivity index is 3.56. The third kappa shape index (κ3) is 4.90. The van der Waals surface area contributed by atoms with E-state index in [9.17, 15) is 9.32 Å². The minimum Gasteiger partial charge on any atom is -0.389 e. The highest BCUT2D eigenvalue weighted by Crippen LogP contribution is 2.05. The summed E-state index contributed by atoms with van der Waals surface area (Å²) in [6.45, 7) is 3.99. The van der Waals surface area contributed by atoms with E-state index in [-0.39, 0.29) is 0 Å². The lowest BCUT2D eigenvalue weighted by Crippen LogP contribution is -2.37. The third-order valence-corrected chi connectivity index (χ3v) is 1.97. The summed E-state index contributed by atoms with van der Waals surface area (Å²) in [7, 11) is -1.02. The van der Waals surface area contributed by atoms with E-state index < -0.39 is 16.6 Å². The van der Waals surface area contributed by atoms with Crippen LogP contribution in [-0.2, 0) is 11.0 Å². The first-order chi connectivity index (χ1) is 4.48. The first-order valence-corrected chi connectivity index (χ1v) is 4.83. The molecule has 2 unspecified atom stereocenters. The second-order valence-corrected chi connectivity index (χ2v) is 3.82. The molecule has 10 heavy (non-hydrogen) atoms. The van der Waals surface area contributed by atoms with Gasteiger partial charge in [0.15, 0.2) is 0 Å². The second kappa shape index (κ2) is 4.05. The monoisotopic (exact) mass is 165 g/mol. The smallest absolute Gasteiger partial charge is 0.0884 e. The minimum atomic E-state index is -1.02. The van der Waals surface area contributed by atoms with Crippen LogP contribution in [0, 0.1) is 0 Å². The van der Waals surface area contributed by atoms with Crippen LogP contribution in [0.5, 0.6) is 0 Å². The molecule has 0 aromatic heterocycles. The number of hydrogen-bond donors (Lipinski definition) is 2. The Kier molecular flexibility index (Phi) is 4.08. The molecule has 0 rings (SSSR count). The molecule has 0 radical (unpaired) electrons. The van der Waals surface area contributed by atoms with Crippen LogP contribution in [-0.4, -0.2) is 27.7 Å². The van der Waals surface area contributed by atoms with Crippen LogP contribution in [0.1, 0.15) is 20.3 Å². The van der Waals surface area contributed by atoms with E-state index in [1.54, 1.807) is 13.2 Å². The molecule has 0 fully saturated rings. The number of rotatable bonds is 4. The van der Waals surface area contributed by atoms with Crippen molar-refractivity contribution in [2.45, 2.75) is 25.9 Å². The molecule has 0 aliphatic heterocycles. The summed E-state index contributed by atoms with van der Waals surface area (Å²) < 4.78 is 13.2. The van der Waals surface area contributed by atoms with Crippen LogP contribution < -0.4 is 4.72 Å². The molecule has 62 valence electrons. The Hall–Kier alpha value is 0.0700. The first-order valence-electron chi connectivity index (χ1n) is 3.27. The van der Waals surface area contributed by atoms with Crippen molar-refractivity contribution in [2.75, 3.05) is 12.8 Å². The van der Waals surface area contributed by atoms with Crippen LogP contribution in [0.4, 0.5) is 0 Å². The highest BCUT2D eigenvalue weighted by molar-refractivity contribution is 7.82. The van der Waals surface area contributed by atoms with Gasteiger partial charge in [-0.3, -0.25) is 0 Å². The van der Waals surface area contributed by atoms with Gasteiger partial charge in [-0.15, -0.1) is 0 Å². The summed E-state index contributed by atoms with van der Waals surface area (Å²) >= 11 is 0. The maximum Gasteiger partial charge on any atom is 0.0884 e. The van der Waals surface area contributed by atoms with Gasteiger partial charge in [0.25, 0.3) is 0 Å². The van der Waals surface area contributed by atoms with Gasteiger partial charge in [0, 0.05) is 12.8 Å². The Bertz CT molecular complexity index is 125. The molecule has 0 saturated carbocycles. The first kappa shape index (κ1) is 10.1. The van der Waals surface area contributed by atoms with E-state index >= 15 is 0 Å². The van der Waals surface area contributed by atoms with Crippen molar-refractivity contribution in [3.63, 3.8) is 0 Å². The van der Waals surface area contributed by atoms with E-state index in [2.05, 4.69) is 4.72 Å². The van der Waals surface area contributed by atoms with Gasteiger partial charge in [-0.1, -0.05) is 6.92 Å². The fourth-order valence-electron chi connectivity index (χ4n) is 0.382. The van der Waals surface area contributed by atoms with Crippen LogP contribution in [0.3, 0.4) is 0 Å². The third-order valence-electron chi connectivity index (χ3n) is 1.42. The molecule has 0 bridgehead atoms. The fraction of sp³-hybridized carbons (Fsp3) is 1.00. The van der Waals surface area contributed by atoms with Gasteiger partial charge in [0.1, 0.15) is 0 Å². The zero-order chi connectivity index (χ0) is 8.20. The van der Waals surface area contributed by atoms with Crippen LogP contribution in [0.15, 0.2) is 0 Å². The molecular weight excluding hydrogens is 150 g/mol. The Morgan fingerprint density at radius 1 is 1.70 bits per heavy atom. The summed E-state index contributed by atoms with van der Waals surface area (Å²) in [5.74, 6) is 0. The molecule has 0 spiro atoms. The molecule has 2 N–H and O–H groups in total. The van der Waals surface area contributed by atoms with Crippen molar-refractivity contribution in [1.82, 2.24) is 4.72 Å². The molecule has 2 atom stereocenters. The Labute approximate surface area is 64.4 Å². The van der Waals surface area contributed by atoms with E-state index in [0.29, 0.717) is 13.0 Å². The van der Waals surface area contributed by atoms with Gasteiger partial charge >= 0.3 is 0 Å². The lowest BCUT2D eigenvalue weighted by Gasteiger charge is -2.20. The number of hydrogen-bond acceptors (Lipinski definition) is 2. The second-order valence-electron chi connectivity index (χ2n) is 2.63. The molecule has 0 heterocycles. The zero-order valence-corrected chi connectivity index (χ0v) is 7.49. The highest BCUT2D eigenvalue weighted by atomic mass is 32.2. The standard InChI is InChI=1S/C6H15NO2S/c1-4-6(2,8)5-7-10(3)9/h7-8H,4-5H2,1-3H3. The van der Waals surface area contributed by atoms with Crippen molar-refractivity contribution < 1.29 is 9.32 Å². The maximum atomic E-state index is 10.5. The molecule has 0 aliphatic rings. The highest BCUT2D eigenvalue weighted by Gasteiger charge is 2.16. The molecule has 0 amide bonds. The molecule has 0 saturated heterocycles. The van der Waals surface area contributed by atoms with Crippen molar-refractivity contribution in [3.8, 4) is 0 Å². The summed E-state index contributed by atoms with van der Waals surface area (Å²) in [4.78, 5) is 0. The van der Waals surface area contributed by atoms with Crippen molar-refractivity contribution in [3.05, 3.63) is 0 Å². The predicted octanol–water partition coefficient (Wildman–Crippen LogP) is 0.0305. The molecule has 0 aromatic carbocycles. The SMILES string of the molecule is CCC(C)(O)CNS(C)=O. The van der Waals surface area contributed by atoms with Gasteiger partial charge in [0.2, 0.25) is 0 Å². The number of nitrogens with one attached hydrogen (secondary N) is 1. The van der Waals surface area contributed by atoms with Crippen LogP contribution in [0.25, 0.3) is 0 Å². The molecular formula is C6H15NO2S. The van der Waals surface area contributed by atoms with E-state index in [1.165, 1.54) is 0 Å². The lowest BCUT2D eigenvalue weighted by atomic mass is 10.1. The molecule has 0 aromatic rings. The molecule has 0 aliphatic carbocycles. The Morgan fingerprint density at radius 3 is 2.50 bits per heavy atom. The zero-order valence-electron chi connectivity index (χ0n) is 6.68. The van der Waals surface area contributed by atoms with Gasteiger partial charge in [-0.05, 0) is 13.3 Å². The summed E-state index contributed by atoms with van der Waals surface area (Å²) in [5, 5.41) is 9.38. The van der Waals surface area contributed by atoms with Crippen molar-refractivity contribution >= 4 is 11.0 Å². The summed E-state index contributed by atoms with van der Waals surface area (Å²) in [6.07, 6.45) is 2.21.